The van der Waals surface area contributed by atoms with Crippen LogP contribution in [0.5, 0.6) is 0 Å². The van der Waals surface area contributed by atoms with Crippen LogP contribution in [0, 0.1) is 5.82 Å². The SMILES string of the molecule is NS(=O)(=O)c1cc(C(=O)N2CCCCC2)c(F)cc1Br. The highest BCUT2D eigenvalue weighted by Crippen LogP contribution is 2.26. The number of amides is 1. The first kappa shape index (κ1) is 15.4. The molecule has 1 fully saturated rings. The molecule has 0 aliphatic carbocycles. The van der Waals surface area contributed by atoms with Crippen molar-refractivity contribution in [2.75, 3.05) is 13.1 Å². The van der Waals surface area contributed by atoms with E-state index in [1.165, 1.54) is 4.90 Å². The molecular weight excluding hydrogens is 351 g/mol. The van der Waals surface area contributed by atoms with Gasteiger partial charge in [0.15, 0.2) is 0 Å². The second-order valence-corrected chi connectivity index (χ2v) is 7.04. The summed E-state index contributed by atoms with van der Waals surface area (Å²) in [4.78, 5) is 13.5. The number of benzene rings is 1. The number of hydrogen-bond donors (Lipinski definition) is 1. The van der Waals surface area contributed by atoms with E-state index in [9.17, 15) is 17.6 Å². The van der Waals surface area contributed by atoms with E-state index in [1.807, 2.05) is 0 Å². The van der Waals surface area contributed by atoms with E-state index in [0.717, 1.165) is 31.4 Å². The molecule has 1 aromatic carbocycles. The average Bonchev–Trinajstić information content (AvgIpc) is 2.37. The van der Waals surface area contributed by atoms with Gasteiger partial charge in [-0.15, -0.1) is 0 Å². The molecule has 0 aromatic heterocycles. The van der Waals surface area contributed by atoms with Gasteiger partial charge in [0.05, 0.1) is 10.5 Å². The van der Waals surface area contributed by atoms with E-state index in [2.05, 4.69) is 15.9 Å². The van der Waals surface area contributed by atoms with E-state index in [0.29, 0.717) is 13.1 Å². The molecule has 0 unspecified atom stereocenters. The third kappa shape index (κ3) is 3.18. The van der Waals surface area contributed by atoms with Gasteiger partial charge in [0.25, 0.3) is 5.91 Å². The number of rotatable bonds is 2. The summed E-state index contributed by atoms with van der Waals surface area (Å²) >= 11 is 2.94. The summed E-state index contributed by atoms with van der Waals surface area (Å²) in [7, 11) is -4.02. The first-order valence-electron chi connectivity index (χ1n) is 6.12. The van der Waals surface area contributed by atoms with Gasteiger partial charge < -0.3 is 4.90 Å². The summed E-state index contributed by atoms with van der Waals surface area (Å²) in [6.07, 6.45) is 2.77. The predicted molar refractivity (Wildman–Crippen MR) is 75.2 cm³/mol. The summed E-state index contributed by atoms with van der Waals surface area (Å²) in [6, 6.07) is 1.95. The standard InChI is InChI=1S/C12H14BrFN2O3S/c13-9-7-10(14)8(6-11(9)20(15,18)19)12(17)16-4-2-1-3-5-16/h6-7H,1-5H2,(H2,15,18,19). The Morgan fingerprint density at radius 1 is 1.25 bits per heavy atom. The zero-order chi connectivity index (χ0) is 14.9. The van der Waals surface area contributed by atoms with Crippen molar-refractivity contribution < 1.29 is 17.6 Å². The molecule has 0 atom stereocenters. The maximum atomic E-state index is 13.9. The van der Waals surface area contributed by atoms with Gasteiger partial charge in [-0.2, -0.15) is 0 Å². The fourth-order valence-corrected chi connectivity index (χ4v) is 3.78. The van der Waals surface area contributed by atoms with Crippen LogP contribution in [0.15, 0.2) is 21.5 Å². The number of sulfonamides is 1. The average molecular weight is 365 g/mol. The van der Waals surface area contributed by atoms with Crippen LogP contribution >= 0.6 is 15.9 Å². The maximum absolute atomic E-state index is 13.9. The zero-order valence-corrected chi connectivity index (χ0v) is 13.0. The van der Waals surface area contributed by atoms with Crippen LogP contribution < -0.4 is 5.14 Å². The number of likely N-dealkylation sites (tertiary alicyclic amines) is 1. The second kappa shape index (κ2) is 5.79. The molecular formula is C12H14BrFN2O3S. The van der Waals surface area contributed by atoms with Crippen molar-refractivity contribution in [2.24, 2.45) is 5.14 Å². The molecule has 1 saturated heterocycles. The summed E-state index contributed by atoms with van der Waals surface area (Å²) < 4.78 is 36.8. The molecule has 2 rings (SSSR count). The number of nitrogens with two attached hydrogens (primary N) is 1. The molecule has 1 aromatic rings. The summed E-state index contributed by atoms with van der Waals surface area (Å²) in [6.45, 7) is 1.11. The summed E-state index contributed by atoms with van der Waals surface area (Å²) in [5, 5.41) is 5.05. The van der Waals surface area contributed by atoms with E-state index >= 15 is 0 Å². The molecule has 0 radical (unpaired) electrons. The van der Waals surface area contributed by atoms with Gasteiger partial charge in [0, 0.05) is 17.6 Å². The fraction of sp³-hybridized carbons (Fsp3) is 0.417. The Labute approximate surface area is 125 Å². The quantitative estimate of drug-likeness (QED) is 0.869. The van der Waals surface area contributed by atoms with Gasteiger partial charge in [-0.25, -0.2) is 17.9 Å². The normalized spacial score (nSPS) is 16.2. The Bertz CT molecular complexity index is 642. The summed E-state index contributed by atoms with van der Waals surface area (Å²) in [5.41, 5.74) is -0.265. The Morgan fingerprint density at radius 2 is 1.85 bits per heavy atom. The molecule has 2 N–H and O–H groups in total. The highest BCUT2D eigenvalue weighted by atomic mass is 79.9. The van der Waals surface area contributed by atoms with Crippen LogP contribution in [-0.4, -0.2) is 32.3 Å². The minimum atomic E-state index is -4.02. The Balaban J connectivity index is 2.43. The second-order valence-electron chi connectivity index (χ2n) is 4.66. The third-order valence-corrected chi connectivity index (χ3v) is 5.07. The molecule has 0 bridgehead atoms. The number of halogens is 2. The van der Waals surface area contributed by atoms with Crippen molar-refractivity contribution in [3.63, 3.8) is 0 Å². The lowest BCUT2D eigenvalue weighted by Gasteiger charge is -2.27. The van der Waals surface area contributed by atoms with Crippen molar-refractivity contribution in [2.45, 2.75) is 24.2 Å². The molecule has 110 valence electrons. The summed E-state index contributed by atoms with van der Waals surface area (Å²) in [5.74, 6) is -1.26. The minimum Gasteiger partial charge on any atom is -0.339 e. The van der Waals surface area contributed by atoms with Crippen LogP contribution in [-0.2, 0) is 10.0 Å². The zero-order valence-electron chi connectivity index (χ0n) is 10.6. The van der Waals surface area contributed by atoms with Gasteiger partial charge in [-0.3, -0.25) is 4.79 Å². The van der Waals surface area contributed by atoms with Gasteiger partial charge in [-0.05, 0) is 47.3 Å². The molecule has 1 aliphatic heterocycles. The highest BCUT2D eigenvalue weighted by molar-refractivity contribution is 9.10. The van der Waals surface area contributed by atoms with E-state index in [1.54, 1.807) is 0 Å². The van der Waals surface area contributed by atoms with E-state index < -0.39 is 21.7 Å². The largest absolute Gasteiger partial charge is 0.339 e. The topological polar surface area (TPSA) is 80.5 Å². The van der Waals surface area contributed by atoms with Crippen molar-refractivity contribution in [1.82, 2.24) is 4.90 Å². The molecule has 1 heterocycles. The van der Waals surface area contributed by atoms with Crippen LogP contribution in [0.1, 0.15) is 29.6 Å². The number of primary sulfonamides is 1. The number of nitrogens with zero attached hydrogens (tertiary/aromatic N) is 1. The Kier molecular flexibility index (Phi) is 4.46. The number of carbonyl (C=O) groups excluding carboxylic acids is 1. The van der Waals surface area contributed by atoms with Crippen LogP contribution in [0.4, 0.5) is 4.39 Å². The molecule has 8 heteroatoms. The Morgan fingerprint density at radius 3 is 2.40 bits per heavy atom. The first-order chi connectivity index (χ1) is 9.30. The van der Waals surface area contributed by atoms with E-state index in [4.69, 9.17) is 5.14 Å². The van der Waals surface area contributed by atoms with Crippen molar-refractivity contribution in [3.05, 3.63) is 28.0 Å². The third-order valence-electron chi connectivity index (χ3n) is 3.20. The van der Waals surface area contributed by atoms with Crippen LogP contribution in [0.3, 0.4) is 0 Å². The molecule has 5 nitrogen and oxygen atoms in total. The van der Waals surface area contributed by atoms with E-state index in [-0.39, 0.29) is 14.9 Å². The lowest BCUT2D eigenvalue weighted by Crippen LogP contribution is -2.36. The van der Waals surface area contributed by atoms with Crippen LogP contribution in [0.25, 0.3) is 0 Å². The number of carbonyl (C=O) groups is 1. The monoisotopic (exact) mass is 364 g/mol. The lowest BCUT2D eigenvalue weighted by molar-refractivity contribution is 0.0719. The lowest BCUT2D eigenvalue weighted by atomic mass is 10.1. The van der Waals surface area contributed by atoms with Crippen molar-refractivity contribution in [3.8, 4) is 0 Å². The smallest absolute Gasteiger partial charge is 0.256 e. The van der Waals surface area contributed by atoms with Gasteiger partial charge in [-0.1, -0.05) is 0 Å². The maximum Gasteiger partial charge on any atom is 0.256 e. The first-order valence-corrected chi connectivity index (χ1v) is 8.46. The minimum absolute atomic E-state index is 0.00712. The molecule has 1 aliphatic rings. The van der Waals surface area contributed by atoms with Crippen molar-refractivity contribution >= 4 is 31.9 Å². The number of piperidine rings is 1. The number of hydrogen-bond acceptors (Lipinski definition) is 3. The molecule has 0 spiro atoms. The highest BCUT2D eigenvalue weighted by Gasteiger charge is 2.24. The molecule has 0 saturated carbocycles. The van der Waals surface area contributed by atoms with Gasteiger partial charge in [0.1, 0.15) is 5.82 Å². The fourth-order valence-electron chi connectivity index (χ4n) is 2.18. The van der Waals surface area contributed by atoms with Crippen molar-refractivity contribution in [1.29, 1.82) is 0 Å². The van der Waals surface area contributed by atoms with Crippen LogP contribution in [0.2, 0.25) is 0 Å². The molecule has 20 heavy (non-hydrogen) atoms. The Hall–Kier alpha value is -0.990. The van der Waals surface area contributed by atoms with Gasteiger partial charge in [0.2, 0.25) is 10.0 Å². The predicted octanol–water partition coefficient (Wildman–Crippen LogP) is 1.86. The molecule has 1 amide bonds. The van der Waals surface area contributed by atoms with Gasteiger partial charge >= 0.3 is 0 Å².